The first kappa shape index (κ1) is 14.4. The monoisotopic (exact) mass is 286 g/mol. The highest BCUT2D eigenvalue weighted by Crippen LogP contribution is 2.33. The SMILES string of the molecule is CCOc1ccc(-n2ncc(CO)c2C(F)(F)F)cc1. The number of benzene rings is 1. The molecule has 0 saturated carbocycles. The fourth-order valence-corrected chi connectivity index (χ4v) is 1.85. The quantitative estimate of drug-likeness (QED) is 0.940. The topological polar surface area (TPSA) is 47.3 Å². The zero-order chi connectivity index (χ0) is 14.8. The van der Waals surface area contributed by atoms with Crippen molar-refractivity contribution in [2.75, 3.05) is 6.61 Å². The lowest BCUT2D eigenvalue weighted by molar-refractivity contribution is -0.143. The third-order valence-electron chi connectivity index (χ3n) is 2.68. The number of hydrogen-bond acceptors (Lipinski definition) is 3. The minimum atomic E-state index is -4.59. The zero-order valence-corrected chi connectivity index (χ0v) is 10.7. The third-order valence-corrected chi connectivity index (χ3v) is 2.68. The van der Waals surface area contributed by atoms with Crippen molar-refractivity contribution in [2.24, 2.45) is 0 Å². The fourth-order valence-electron chi connectivity index (χ4n) is 1.85. The van der Waals surface area contributed by atoms with Crippen molar-refractivity contribution in [2.45, 2.75) is 19.7 Å². The maximum absolute atomic E-state index is 13.0. The number of hydrogen-bond donors (Lipinski definition) is 1. The lowest BCUT2D eigenvalue weighted by Gasteiger charge is -2.12. The molecular weight excluding hydrogens is 273 g/mol. The van der Waals surface area contributed by atoms with E-state index in [1.54, 1.807) is 12.1 Å². The Labute approximate surface area is 113 Å². The predicted molar refractivity (Wildman–Crippen MR) is 65.7 cm³/mol. The number of rotatable bonds is 4. The molecule has 1 aromatic carbocycles. The van der Waals surface area contributed by atoms with Gasteiger partial charge in [0.15, 0.2) is 5.69 Å². The molecule has 0 saturated heterocycles. The van der Waals surface area contributed by atoms with Gasteiger partial charge in [-0.2, -0.15) is 18.3 Å². The van der Waals surface area contributed by atoms with Crippen LogP contribution in [0.15, 0.2) is 30.5 Å². The molecule has 0 aliphatic heterocycles. The molecule has 0 radical (unpaired) electrons. The summed E-state index contributed by atoms with van der Waals surface area (Å²) in [5.41, 5.74) is -0.976. The van der Waals surface area contributed by atoms with Gasteiger partial charge in [0.25, 0.3) is 0 Å². The molecule has 20 heavy (non-hydrogen) atoms. The smallest absolute Gasteiger partial charge is 0.433 e. The molecular formula is C13H13F3N2O2. The van der Waals surface area contributed by atoms with Crippen LogP contribution < -0.4 is 4.74 Å². The van der Waals surface area contributed by atoms with Gasteiger partial charge in [-0.3, -0.25) is 0 Å². The minimum Gasteiger partial charge on any atom is -0.494 e. The van der Waals surface area contributed by atoms with Gasteiger partial charge in [-0.1, -0.05) is 0 Å². The Bertz CT molecular complexity index is 576. The van der Waals surface area contributed by atoms with Gasteiger partial charge < -0.3 is 9.84 Å². The Hall–Kier alpha value is -2.02. The van der Waals surface area contributed by atoms with Crippen molar-refractivity contribution in [3.8, 4) is 11.4 Å². The van der Waals surface area contributed by atoms with Crippen LogP contribution in [0.5, 0.6) is 5.75 Å². The molecule has 0 aliphatic carbocycles. The lowest BCUT2D eigenvalue weighted by Crippen LogP contribution is -2.15. The van der Waals surface area contributed by atoms with Crippen LogP contribution in [0.2, 0.25) is 0 Å². The van der Waals surface area contributed by atoms with Gasteiger partial charge in [0, 0.05) is 5.56 Å². The van der Waals surface area contributed by atoms with E-state index in [9.17, 15) is 13.2 Å². The van der Waals surface area contributed by atoms with Crippen LogP contribution >= 0.6 is 0 Å². The Morgan fingerprint density at radius 2 is 1.90 bits per heavy atom. The summed E-state index contributed by atoms with van der Waals surface area (Å²) in [5.74, 6) is 0.569. The van der Waals surface area contributed by atoms with Crippen LogP contribution in [0.4, 0.5) is 13.2 Å². The molecule has 108 valence electrons. The number of ether oxygens (including phenoxy) is 1. The third kappa shape index (κ3) is 2.77. The van der Waals surface area contributed by atoms with Crippen LogP contribution in [-0.2, 0) is 12.8 Å². The molecule has 1 aromatic heterocycles. The largest absolute Gasteiger partial charge is 0.494 e. The number of aliphatic hydroxyl groups is 1. The molecule has 0 atom stereocenters. The van der Waals surface area contributed by atoms with E-state index in [2.05, 4.69) is 5.10 Å². The van der Waals surface area contributed by atoms with Gasteiger partial charge in [-0.25, -0.2) is 4.68 Å². The summed E-state index contributed by atoms with van der Waals surface area (Å²) in [5, 5.41) is 12.7. The molecule has 7 heteroatoms. The highest BCUT2D eigenvalue weighted by Gasteiger charge is 2.38. The first-order valence-corrected chi connectivity index (χ1v) is 5.95. The maximum atomic E-state index is 13.0. The zero-order valence-electron chi connectivity index (χ0n) is 10.7. The summed E-state index contributed by atoms with van der Waals surface area (Å²) in [4.78, 5) is 0. The van der Waals surface area contributed by atoms with E-state index in [4.69, 9.17) is 9.84 Å². The Morgan fingerprint density at radius 3 is 2.40 bits per heavy atom. The van der Waals surface area contributed by atoms with Crippen molar-refractivity contribution < 1.29 is 23.0 Å². The van der Waals surface area contributed by atoms with Crippen molar-refractivity contribution >= 4 is 0 Å². The van der Waals surface area contributed by atoms with E-state index in [1.165, 1.54) is 12.1 Å². The van der Waals surface area contributed by atoms with Gasteiger partial charge in [0.1, 0.15) is 5.75 Å². The summed E-state index contributed by atoms with van der Waals surface area (Å²) < 4.78 is 45.0. The van der Waals surface area contributed by atoms with Crippen LogP contribution in [0.25, 0.3) is 5.69 Å². The molecule has 1 heterocycles. The van der Waals surface area contributed by atoms with Crippen LogP contribution in [0.1, 0.15) is 18.2 Å². The molecule has 0 unspecified atom stereocenters. The van der Waals surface area contributed by atoms with Gasteiger partial charge >= 0.3 is 6.18 Å². The molecule has 0 fully saturated rings. The number of nitrogens with zero attached hydrogens (tertiary/aromatic N) is 2. The second-order valence-corrected chi connectivity index (χ2v) is 4.01. The second-order valence-electron chi connectivity index (χ2n) is 4.01. The van der Waals surface area contributed by atoms with Gasteiger partial charge in [-0.15, -0.1) is 0 Å². The molecule has 0 aliphatic rings. The summed E-state index contributed by atoms with van der Waals surface area (Å²) in [6, 6.07) is 6.10. The molecule has 0 bridgehead atoms. The average Bonchev–Trinajstić information content (AvgIpc) is 2.84. The van der Waals surface area contributed by atoms with Crippen molar-refractivity contribution in [3.63, 3.8) is 0 Å². The predicted octanol–water partition coefficient (Wildman–Crippen LogP) is 2.78. The Morgan fingerprint density at radius 1 is 1.25 bits per heavy atom. The summed E-state index contributed by atoms with van der Waals surface area (Å²) in [6.07, 6.45) is -3.58. The van der Waals surface area contributed by atoms with Gasteiger partial charge in [-0.05, 0) is 31.2 Å². The molecule has 2 aromatic rings. The minimum absolute atomic E-state index is 0.250. The van der Waals surface area contributed by atoms with Gasteiger partial charge in [0.2, 0.25) is 0 Å². The standard InChI is InChI=1S/C13H13F3N2O2/c1-2-20-11-5-3-10(4-6-11)18-12(13(14,15)16)9(8-19)7-17-18/h3-7,19H,2,8H2,1H3. The average molecular weight is 286 g/mol. The highest BCUT2D eigenvalue weighted by atomic mass is 19.4. The normalized spacial score (nSPS) is 11.7. The van der Waals surface area contributed by atoms with Crippen molar-refractivity contribution in [1.29, 1.82) is 0 Å². The first-order chi connectivity index (χ1) is 9.47. The van der Waals surface area contributed by atoms with E-state index in [0.29, 0.717) is 12.4 Å². The van der Waals surface area contributed by atoms with E-state index in [-0.39, 0.29) is 11.3 Å². The number of aromatic nitrogens is 2. The van der Waals surface area contributed by atoms with E-state index >= 15 is 0 Å². The van der Waals surface area contributed by atoms with Gasteiger partial charge in [0.05, 0.1) is 25.1 Å². The van der Waals surface area contributed by atoms with E-state index < -0.39 is 18.5 Å². The molecule has 1 N–H and O–H groups in total. The van der Waals surface area contributed by atoms with Crippen molar-refractivity contribution in [3.05, 3.63) is 41.7 Å². The highest BCUT2D eigenvalue weighted by molar-refractivity contribution is 5.40. The fraction of sp³-hybridized carbons (Fsp3) is 0.308. The molecule has 0 spiro atoms. The maximum Gasteiger partial charge on any atom is 0.433 e. The van der Waals surface area contributed by atoms with Crippen LogP contribution in [-0.4, -0.2) is 21.5 Å². The lowest BCUT2D eigenvalue weighted by atomic mass is 10.2. The van der Waals surface area contributed by atoms with E-state index in [0.717, 1.165) is 10.9 Å². The number of alkyl halides is 3. The van der Waals surface area contributed by atoms with E-state index in [1.807, 2.05) is 6.92 Å². The molecule has 4 nitrogen and oxygen atoms in total. The van der Waals surface area contributed by atoms with Crippen LogP contribution in [0.3, 0.4) is 0 Å². The Balaban J connectivity index is 2.45. The summed E-state index contributed by atoms with van der Waals surface area (Å²) in [7, 11) is 0. The molecule has 0 amide bonds. The molecule has 2 rings (SSSR count). The Kier molecular flexibility index (Phi) is 3.99. The van der Waals surface area contributed by atoms with Crippen molar-refractivity contribution in [1.82, 2.24) is 9.78 Å². The number of halogens is 3. The summed E-state index contributed by atoms with van der Waals surface area (Å²) >= 11 is 0. The second kappa shape index (κ2) is 5.54. The van der Waals surface area contributed by atoms with Crippen LogP contribution in [0, 0.1) is 0 Å². The summed E-state index contributed by atoms with van der Waals surface area (Å²) in [6.45, 7) is 1.58. The first-order valence-electron chi connectivity index (χ1n) is 5.95. The number of aliphatic hydroxyl groups excluding tert-OH is 1.